The predicted octanol–water partition coefficient (Wildman–Crippen LogP) is 2.72. The van der Waals surface area contributed by atoms with Crippen LogP contribution in [-0.4, -0.2) is 57.9 Å². The highest BCUT2D eigenvalue weighted by molar-refractivity contribution is 5.81. The van der Waals surface area contributed by atoms with Crippen molar-refractivity contribution in [3.8, 4) is 0 Å². The Balaban J connectivity index is 1.43. The number of rotatable bonds is 4. The molecular weight excluding hydrogens is 352 g/mol. The van der Waals surface area contributed by atoms with E-state index in [1.54, 1.807) is 6.07 Å². The van der Waals surface area contributed by atoms with Crippen molar-refractivity contribution in [2.24, 2.45) is 11.8 Å². The molecule has 0 spiro atoms. The van der Waals surface area contributed by atoms with E-state index in [0.717, 1.165) is 69.8 Å². The van der Waals surface area contributed by atoms with Crippen molar-refractivity contribution < 1.29 is 4.79 Å². The van der Waals surface area contributed by atoms with E-state index in [9.17, 15) is 9.59 Å². The number of likely N-dealkylation sites (tertiary alicyclic amines) is 2. The molecule has 6 heteroatoms. The highest BCUT2D eigenvalue weighted by atomic mass is 16.2. The number of piperidine rings is 2. The smallest absolute Gasteiger partial charge is 0.251 e. The molecule has 0 radical (unpaired) electrons. The standard InChI is InChI=1S/C22H34N4O2/c1-14(2)26-8-4-5-17(13-26)19-12-20(27)24-21(23-19)16-6-9-25(10-7-16)22(28)18-11-15(18)3/h12,14-18H,4-11,13H2,1-3H3,(H,23,24,27)/t15-,17+,18-/m0/s1. The maximum absolute atomic E-state index is 12.5. The second-order valence-corrected chi connectivity index (χ2v) is 9.40. The molecule has 1 saturated carbocycles. The van der Waals surface area contributed by atoms with Crippen LogP contribution in [0.2, 0.25) is 0 Å². The fourth-order valence-electron chi connectivity index (χ4n) is 4.89. The molecule has 4 rings (SSSR count). The molecule has 3 atom stereocenters. The summed E-state index contributed by atoms with van der Waals surface area (Å²) in [6.45, 7) is 10.3. The van der Waals surface area contributed by atoms with Crippen LogP contribution in [0.4, 0.5) is 0 Å². The maximum atomic E-state index is 12.5. The number of nitrogens with zero attached hydrogens (tertiary/aromatic N) is 3. The third kappa shape index (κ3) is 4.17. The van der Waals surface area contributed by atoms with Crippen LogP contribution >= 0.6 is 0 Å². The molecular formula is C22H34N4O2. The lowest BCUT2D eigenvalue weighted by molar-refractivity contribution is -0.133. The van der Waals surface area contributed by atoms with E-state index >= 15 is 0 Å². The topological polar surface area (TPSA) is 69.3 Å². The number of hydrogen-bond donors (Lipinski definition) is 1. The Morgan fingerprint density at radius 3 is 2.54 bits per heavy atom. The summed E-state index contributed by atoms with van der Waals surface area (Å²) in [5.74, 6) is 2.57. The normalized spacial score (nSPS) is 29.3. The molecule has 3 fully saturated rings. The molecule has 0 bridgehead atoms. The zero-order valence-corrected chi connectivity index (χ0v) is 17.5. The average Bonchev–Trinajstić information content (AvgIpc) is 3.43. The number of carbonyl (C=O) groups excluding carboxylic acids is 1. The van der Waals surface area contributed by atoms with Gasteiger partial charge in [-0.3, -0.25) is 9.59 Å². The second kappa shape index (κ2) is 7.97. The number of aromatic nitrogens is 2. The predicted molar refractivity (Wildman–Crippen MR) is 109 cm³/mol. The Labute approximate surface area is 167 Å². The molecule has 28 heavy (non-hydrogen) atoms. The van der Waals surface area contributed by atoms with Crippen LogP contribution in [0, 0.1) is 11.8 Å². The highest BCUT2D eigenvalue weighted by Crippen LogP contribution is 2.40. The lowest BCUT2D eigenvalue weighted by atomic mass is 9.92. The summed E-state index contributed by atoms with van der Waals surface area (Å²) in [6.07, 6.45) is 5.09. The largest absolute Gasteiger partial charge is 0.342 e. The number of amides is 1. The van der Waals surface area contributed by atoms with Gasteiger partial charge in [-0.05, 0) is 58.4 Å². The van der Waals surface area contributed by atoms with Crippen LogP contribution < -0.4 is 5.56 Å². The minimum Gasteiger partial charge on any atom is -0.342 e. The van der Waals surface area contributed by atoms with Gasteiger partial charge in [-0.2, -0.15) is 0 Å². The molecule has 0 unspecified atom stereocenters. The first-order chi connectivity index (χ1) is 13.4. The number of hydrogen-bond acceptors (Lipinski definition) is 4. The van der Waals surface area contributed by atoms with Crippen molar-refractivity contribution in [2.45, 2.75) is 70.8 Å². The van der Waals surface area contributed by atoms with Crippen LogP contribution in [0.5, 0.6) is 0 Å². The summed E-state index contributed by atoms with van der Waals surface area (Å²) < 4.78 is 0. The SMILES string of the molecule is CC(C)N1CCC[C@@H](c2cc(=O)[nH]c(C3CCN(C(=O)[C@H]4C[C@@H]4C)CC3)n2)C1. The van der Waals surface area contributed by atoms with Crippen LogP contribution in [-0.2, 0) is 4.79 Å². The van der Waals surface area contributed by atoms with Crippen LogP contribution in [0.3, 0.4) is 0 Å². The monoisotopic (exact) mass is 386 g/mol. The number of carbonyl (C=O) groups is 1. The van der Waals surface area contributed by atoms with Crippen molar-refractivity contribution in [1.82, 2.24) is 19.8 Å². The molecule has 0 aromatic carbocycles. The molecule has 3 aliphatic rings. The van der Waals surface area contributed by atoms with Gasteiger partial charge in [0.25, 0.3) is 5.56 Å². The molecule has 2 saturated heterocycles. The molecule has 1 amide bonds. The summed E-state index contributed by atoms with van der Waals surface area (Å²) in [5, 5.41) is 0. The first-order valence-electron chi connectivity index (χ1n) is 11.1. The molecule has 1 aliphatic carbocycles. The first kappa shape index (κ1) is 19.6. The Morgan fingerprint density at radius 1 is 1.18 bits per heavy atom. The molecule has 1 aromatic rings. The second-order valence-electron chi connectivity index (χ2n) is 9.40. The van der Waals surface area contributed by atoms with E-state index in [-0.39, 0.29) is 17.4 Å². The average molecular weight is 387 g/mol. The lowest BCUT2D eigenvalue weighted by Gasteiger charge is -2.35. The zero-order chi connectivity index (χ0) is 19.8. The summed E-state index contributed by atoms with van der Waals surface area (Å²) in [4.78, 5) is 37.2. The molecule has 1 N–H and O–H groups in total. The molecule has 154 valence electrons. The number of H-pyrrole nitrogens is 1. The Bertz CT molecular complexity index is 766. The third-order valence-electron chi connectivity index (χ3n) is 7.00. The van der Waals surface area contributed by atoms with Crippen molar-refractivity contribution in [3.05, 3.63) is 27.9 Å². The van der Waals surface area contributed by atoms with Gasteiger partial charge in [0.2, 0.25) is 5.91 Å². The van der Waals surface area contributed by atoms with Gasteiger partial charge in [0.1, 0.15) is 5.82 Å². The van der Waals surface area contributed by atoms with Gasteiger partial charge < -0.3 is 14.8 Å². The van der Waals surface area contributed by atoms with Gasteiger partial charge in [0, 0.05) is 49.5 Å². The van der Waals surface area contributed by atoms with Gasteiger partial charge in [0.05, 0.1) is 5.69 Å². The number of aromatic amines is 1. The summed E-state index contributed by atoms with van der Waals surface area (Å²) in [5.41, 5.74) is 0.918. The highest BCUT2D eigenvalue weighted by Gasteiger charge is 2.42. The van der Waals surface area contributed by atoms with E-state index in [1.165, 1.54) is 0 Å². The first-order valence-corrected chi connectivity index (χ1v) is 11.1. The van der Waals surface area contributed by atoms with E-state index < -0.39 is 0 Å². The third-order valence-corrected chi connectivity index (χ3v) is 7.00. The minimum atomic E-state index is -0.0352. The van der Waals surface area contributed by atoms with Gasteiger partial charge in [-0.15, -0.1) is 0 Å². The molecule has 1 aromatic heterocycles. The van der Waals surface area contributed by atoms with Gasteiger partial charge in [0.15, 0.2) is 0 Å². The van der Waals surface area contributed by atoms with E-state index in [1.807, 2.05) is 4.90 Å². The van der Waals surface area contributed by atoms with Crippen LogP contribution in [0.1, 0.15) is 76.2 Å². The van der Waals surface area contributed by atoms with E-state index in [4.69, 9.17) is 4.98 Å². The molecule has 3 heterocycles. The molecule has 2 aliphatic heterocycles. The summed E-state index contributed by atoms with van der Waals surface area (Å²) >= 11 is 0. The quantitative estimate of drug-likeness (QED) is 0.864. The fourth-order valence-corrected chi connectivity index (χ4v) is 4.89. The van der Waals surface area contributed by atoms with E-state index in [2.05, 4.69) is 30.7 Å². The van der Waals surface area contributed by atoms with Crippen LogP contribution in [0.15, 0.2) is 10.9 Å². The Kier molecular flexibility index (Phi) is 5.59. The van der Waals surface area contributed by atoms with Crippen molar-refractivity contribution in [3.63, 3.8) is 0 Å². The number of nitrogens with one attached hydrogen (secondary N) is 1. The van der Waals surface area contributed by atoms with Gasteiger partial charge in [-0.1, -0.05) is 6.92 Å². The van der Waals surface area contributed by atoms with Crippen LogP contribution in [0.25, 0.3) is 0 Å². The zero-order valence-electron chi connectivity index (χ0n) is 17.5. The Hall–Kier alpha value is -1.69. The van der Waals surface area contributed by atoms with Crippen molar-refractivity contribution in [1.29, 1.82) is 0 Å². The van der Waals surface area contributed by atoms with Gasteiger partial charge >= 0.3 is 0 Å². The molecule has 6 nitrogen and oxygen atoms in total. The fraction of sp³-hybridized carbons (Fsp3) is 0.773. The van der Waals surface area contributed by atoms with Gasteiger partial charge in [-0.25, -0.2) is 4.98 Å². The van der Waals surface area contributed by atoms with E-state index in [0.29, 0.717) is 23.8 Å². The summed E-state index contributed by atoms with van der Waals surface area (Å²) in [7, 11) is 0. The lowest BCUT2D eigenvalue weighted by Crippen LogP contribution is -2.40. The minimum absolute atomic E-state index is 0.0352. The Morgan fingerprint density at radius 2 is 1.89 bits per heavy atom. The summed E-state index contributed by atoms with van der Waals surface area (Å²) in [6, 6.07) is 2.23. The van der Waals surface area contributed by atoms with Crippen molar-refractivity contribution in [2.75, 3.05) is 26.2 Å². The van der Waals surface area contributed by atoms with Crippen molar-refractivity contribution >= 4 is 5.91 Å². The maximum Gasteiger partial charge on any atom is 0.251 e.